The molecule has 1 aromatic rings. The minimum Gasteiger partial charge on any atom is -0.350 e. The zero-order valence-corrected chi connectivity index (χ0v) is 12.4. The van der Waals surface area contributed by atoms with Crippen LogP contribution in [-0.4, -0.2) is 18.2 Å². The normalized spacial score (nSPS) is 10.7. The molecule has 0 aliphatic carbocycles. The monoisotopic (exact) mass is 374 g/mol. The van der Waals surface area contributed by atoms with Gasteiger partial charge in [-0.15, -0.1) is 0 Å². The molecule has 0 unspecified atom stereocenters. The molecule has 5 nitrogen and oxygen atoms in total. The maximum Gasteiger partial charge on any atom is 0.282 e. The van der Waals surface area contributed by atoms with Crippen LogP contribution in [0.25, 0.3) is 0 Å². The van der Waals surface area contributed by atoms with Crippen molar-refractivity contribution in [2.75, 3.05) is 12.0 Å². The zero-order valence-electron chi connectivity index (χ0n) is 10.2. The molecule has 0 aromatic heterocycles. The fourth-order valence-corrected chi connectivity index (χ4v) is 1.64. The number of benzene rings is 1. The Bertz CT molecular complexity index is 539. The summed E-state index contributed by atoms with van der Waals surface area (Å²) in [5.41, 5.74) is 2.62. The molecule has 1 rings (SSSR count). The van der Waals surface area contributed by atoms with Gasteiger partial charge in [0, 0.05) is 6.54 Å². The zero-order chi connectivity index (χ0) is 14.3. The predicted octanol–water partition coefficient (Wildman–Crippen LogP) is 2.25. The van der Waals surface area contributed by atoms with Gasteiger partial charge in [-0.3, -0.25) is 10.2 Å². The first kappa shape index (κ1) is 15.4. The number of halogens is 2. The van der Waals surface area contributed by atoms with Gasteiger partial charge in [-0.1, -0.05) is 13.0 Å². The van der Waals surface area contributed by atoms with Crippen LogP contribution in [0, 0.1) is 20.7 Å². The lowest BCUT2D eigenvalue weighted by Crippen LogP contribution is -2.31. The van der Waals surface area contributed by atoms with E-state index in [9.17, 15) is 9.18 Å². The number of hydrogen-bond donors (Lipinski definition) is 2. The lowest BCUT2D eigenvalue weighted by molar-refractivity contribution is -0.114. The number of anilines is 1. The van der Waals surface area contributed by atoms with Gasteiger partial charge in [-0.25, -0.2) is 4.39 Å². The van der Waals surface area contributed by atoms with E-state index in [1.165, 1.54) is 12.1 Å². The van der Waals surface area contributed by atoms with E-state index in [1.807, 2.05) is 29.5 Å². The number of carbonyl (C=O) groups excluding carboxylic acids is 1. The van der Waals surface area contributed by atoms with Crippen molar-refractivity contribution in [1.82, 2.24) is 5.32 Å². The predicted molar refractivity (Wildman–Crippen MR) is 79.1 cm³/mol. The molecule has 100 valence electrons. The van der Waals surface area contributed by atoms with E-state index in [4.69, 9.17) is 5.26 Å². The molecule has 0 aliphatic heterocycles. The highest BCUT2D eigenvalue weighted by Gasteiger charge is 2.10. The Labute approximate surface area is 124 Å². The van der Waals surface area contributed by atoms with E-state index in [-0.39, 0.29) is 5.71 Å². The highest BCUT2D eigenvalue weighted by Crippen LogP contribution is 2.20. The largest absolute Gasteiger partial charge is 0.350 e. The number of nitrogens with zero attached hydrogens (tertiary/aromatic N) is 2. The average molecular weight is 374 g/mol. The highest BCUT2D eigenvalue weighted by atomic mass is 127. The first-order valence-corrected chi connectivity index (χ1v) is 6.64. The SMILES string of the molecule is CCCNC(=O)C(C#N)=NNc1cccc(F)c1I. The Hall–Kier alpha value is -1.69. The maximum absolute atomic E-state index is 13.3. The quantitative estimate of drug-likeness (QED) is 0.472. The van der Waals surface area contributed by atoms with Crippen molar-refractivity contribution in [1.29, 1.82) is 5.26 Å². The molecular formula is C12H12FIN4O. The third-order valence-corrected chi connectivity index (χ3v) is 3.19. The van der Waals surface area contributed by atoms with Crippen molar-refractivity contribution in [3.05, 3.63) is 27.6 Å². The van der Waals surface area contributed by atoms with Gasteiger partial charge in [-0.05, 0) is 41.1 Å². The summed E-state index contributed by atoms with van der Waals surface area (Å²) in [6, 6.07) is 6.13. The van der Waals surface area contributed by atoms with Crippen LogP contribution in [0.4, 0.5) is 10.1 Å². The number of amides is 1. The summed E-state index contributed by atoms with van der Waals surface area (Å²) >= 11 is 1.81. The van der Waals surface area contributed by atoms with Gasteiger partial charge in [0.1, 0.15) is 11.9 Å². The minimum atomic E-state index is -0.553. The van der Waals surface area contributed by atoms with E-state index in [2.05, 4.69) is 15.8 Å². The molecular weight excluding hydrogens is 362 g/mol. The number of nitriles is 1. The molecule has 7 heteroatoms. The van der Waals surface area contributed by atoms with Crippen molar-refractivity contribution in [2.24, 2.45) is 5.10 Å². The van der Waals surface area contributed by atoms with Gasteiger partial charge in [-0.2, -0.15) is 10.4 Å². The lowest BCUT2D eigenvalue weighted by atomic mass is 10.3. The second-order valence-electron chi connectivity index (χ2n) is 3.54. The molecule has 0 heterocycles. The second kappa shape index (κ2) is 7.68. The standard InChI is InChI=1S/C12H12FIN4O/c1-2-6-16-12(19)10(7-15)18-17-9-5-3-4-8(13)11(9)14/h3-5,17H,2,6H2,1H3,(H,16,19). The number of carbonyl (C=O) groups is 1. The third kappa shape index (κ3) is 4.48. The van der Waals surface area contributed by atoms with Crippen LogP contribution >= 0.6 is 22.6 Å². The summed E-state index contributed by atoms with van der Waals surface area (Å²) in [5, 5.41) is 15.1. The molecule has 2 N–H and O–H groups in total. The van der Waals surface area contributed by atoms with E-state index >= 15 is 0 Å². The maximum atomic E-state index is 13.3. The van der Waals surface area contributed by atoms with Crippen LogP contribution in [0.3, 0.4) is 0 Å². The van der Waals surface area contributed by atoms with Crippen molar-refractivity contribution < 1.29 is 9.18 Å². The van der Waals surface area contributed by atoms with Gasteiger partial charge in [0.15, 0.2) is 0 Å². The summed E-state index contributed by atoms with van der Waals surface area (Å²) in [6.07, 6.45) is 0.764. The van der Waals surface area contributed by atoms with Gasteiger partial charge in [0.2, 0.25) is 5.71 Å². The van der Waals surface area contributed by atoms with E-state index in [0.717, 1.165) is 6.42 Å². The molecule has 0 saturated heterocycles. The number of hydrazone groups is 1. The first-order chi connectivity index (χ1) is 9.10. The Balaban J connectivity index is 2.81. The Morgan fingerprint density at radius 1 is 1.58 bits per heavy atom. The molecule has 0 spiro atoms. The molecule has 0 saturated carbocycles. The molecule has 0 fully saturated rings. The van der Waals surface area contributed by atoms with Gasteiger partial charge in [0.05, 0.1) is 9.26 Å². The summed E-state index contributed by atoms with van der Waals surface area (Å²) in [4.78, 5) is 11.5. The molecule has 1 aromatic carbocycles. The molecule has 0 atom stereocenters. The van der Waals surface area contributed by atoms with Crippen molar-refractivity contribution in [3.8, 4) is 6.07 Å². The second-order valence-corrected chi connectivity index (χ2v) is 4.62. The van der Waals surface area contributed by atoms with Crippen molar-refractivity contribution in [3.63, 3.8) is 0 Å². The number of rotatable bonds is 5. The molecule has 1 amide bonds. The van der Waals surface area contributed by atoms with Gasteiger partial charge < -0.3 is 5.32 Å². The summed E-state index contributed by atoms with van der Waals surface area (Å²) in [7, 11) is 0. The minimum absolute atomic E-state index is 0.298. The van der Waals surface area contributed by atoms with Crippen LogP contribution < -0.4 is 10.7 Å². The highest BCUT2D eigenvalue weighted by molar-refractivity contribution is 14.1. The molecule has 19 heavy (non-hydrogen) atoms. The van der Waals surface area contributed by atoms with Crippen LogP contribution in [0.15, 0.2) is 23.3 Å². The summed E-state index contributed by atoms with van der Waals surface area (Å²) < 4.78 is 13.6. The lowest BCUT2D eigenvalue weighted by Gasteiger charge is -2.05. The Morgan fingerprint density at radius 2 is 2.32 bits per heavy atom. The van der Waals surface area contributed by atoms with Crippen LogP contribution in [0.1, 0.15) is 13.3 Å². The Morgan fingerprint density at radius 3 is 2.95 bits per heavy atom. The molecule has 0 radical (unpaired) electrons. The van der Waals surface area contributed by atoms with Gasteiger partial charge in [0.25, 0.3) is 5.91 Å². The van der Waals surface area contributed by atoms with Crippen molar-refractivity contribution in [2.45, 2.75) is 13.3 Å². The molecule has 0 bridgehead atoms. The molecule has 0 aliphatic rings. The Kier molecular flexibility index (Phi) is 6.21. The van der Waals surface area contributed by atoms with E-state index < -0.39 is 11.7 Å². The van der Waals surface area contributed by atoms with Crippen molar-refractivity contribution >= 4 is 39.9 Å². The average Bonchev–Trinajstić information content (AvgIpc) is 2.41. The van der Waals surface area contributed by atoms with Crippen LogP contribution in [-0.2, 0) is 4.79 Å². The van der Waals surface area contributed by atoms with E-state index in [1.54, 1.807) is 12.1 Å². The van der Waals surface area contributed by atoms with Gasteiger partial charge >= 0.3 is 0 Å². The smallest absolute Gasteiger partial charge is 0.282 e. The summed E-state index contributed by atoms with van der Waals surface area (Å²) in [6.45, 7) is 2.37. The number of hydrogen-bond acceptors (Lipinski definition) is 4. The van der Waals surface area contributed by atoms with E-state index in [0.29, 0.717) is 15.8 Å². The fraction of sp³-hybridized carbons (Fsp3) is 0.250. The topological polar surface area (TPSA) is 77.3 Å². The van der Waals surface area contributed by atoms with Crippen LogP contribution in [0.5, 0.6) is 0 Å². The number of nitrogens with one attached hydrogen (secondary N) is 2. The third-order valence-electron chi connectivity index (χ3n) is 2.10. The van der Waals surface area contributed by atoms with Crippen LogP contribution in [0.2, 0.25) is 0 Å². The summed E-state index contributed by atoms with van der Waals surface area (Å²) in [5.74, 6) is -0.946. The fourth-order valence-electron chi connectivity index (χ4n) is 1.16. The first-order valence-electron chi connectivity index (χ1n) is 5.56.